The summed E-state index contributed by atoms with van der Waals surface area (Å²) in [6.07, 6.45) is 1.20. The molecule has 0 aliphatic carbocycles. The maximum Gasteiger partial charge on any atom is 0.251 e. The molecule has 0 saturated heterocycles. The highest BCUT2D eigenvalue weighted by Gasteiger charge is 2.22. The van der Waals surface area contributed by atoms with Crippen LogP contribution in [0, 0.1) is 0 Å². The largest absolute Gasteiger partial charge is 0.358 e. The van der Waals surface area contributed by atoms with Crippen LogP contribution in [0.25, 0.3) is 0 Å². The third kappa shape index (κ3) is 3.45. The Balaban J connectivity index is 3.25. The summed E-state index contributed by atoms with van der Waals surface area (Å²) in [5.74, 6) is -0.371. The summed E-state index contributed by atoms with van der Waals surface area (Å²) in [7, 11) is -2.19. The van der Waals surface area contributed by atoms with Gasteiger partial charge in [-0.3, -0.25) is 9.59 Å². The second kappa shape index (κ2) is 6.67. The summed E-state index contributed by atoms with van der Waals surface area (Å²) in [5, 5.41) is 2.39. The molecular weight excluding hydrogens is 282 g/mol. The Bertz CT molecular complexity index is 632. The molecule has 1 rings (SSSR count). The number of nitrogens with one attached hydrogen (secondary N) is 1. The lowest BCUT2D eigenvalue weighted by atomic mass is 10.4. The highest BCUT2D eigenvalue weighted by Crippen LogP contribution is 2.13. The van der Waals surface area contributed by atoms with Crippen molar-refractivity contribution in [1.82, 2.24) is 14.2 Å². The summed E-state index contributed by atoms with van der Waals surface area (Å²) >= 11 is 0. The molecule has 0 radical (unpaired) electrons. The van der Waals surface area contributed by atoms with E-state index in [-0.39, 0.29) is 17.3 Å². The molecule has 0 bridgehead atoms. The van der Waals surface area contributed by atoms with Gasteiger partial charge in [0.15, 0.2) is 0 Å². The van der Waals surface area contributed by atoms with Crippen LogP contribution in [0.2, 0.25) is 0 Å². The maximum atomic E-state index is 12.3. The molecule has 0 aliphatic heterocycles. The van der Waals surface area contributed by atoms with E-state index in [9.17, 15) is 18.0 Å². The van der Waals surface area contributed by atoms with Gasteiger partial charge in [-0.1, -0.05) is 13.8 Å². The van der Waals surface area contributed by atoms with Crippen molar-refractivity contribution in [2.45, 2.75) is 25.3 Å². The standard InChI is InChI=1S/C12H19N3O4S/c1-4-15(5-2)20(18,19)10-6-7-12(17)14(8-10)9-11(16)13-3/h6-8H,4-5,9H2,1-3H3,(H,13,16). The van der Waals surface area contributed by atoms with Crippen molar-refractivity contribution in [1.29, 1.82) is 0 Å². The first-order valence-corrected chi connectivity index (χ1v) is 7.72. The van der Waals surface area contributed by atoms with Gasteiger partial charge in [-0.15, -0.1) is 0 Å². The second-order valence-electron chi connectivity index (χ2n) is 4.09. The maximum absolute atomic E-state index is 12.3. The Hall–Kier alpha value is -1.67. The Kier molecular flexibility index (Phi) is 5.46. The monoisotopic (exact) mass is 301 g/mol. The fraction of sp³-hybridized carbons (Fsp3) is 0.500. The highest BCUT2D eigenvalue weighted by molar-refractivity contribution is 7.89. The predicted octanol–water partition coefficient (Wildman–Crippen LogP) is -0.375. The third-order valence-corrected chi connectivity index (χ3v) is 4.93. The average Bonchev–Trinajstić information content (AvgIpc) is 2.41. The number of hydrogen-bond acceptors (Lipinski definition) is 4. The van der Waals surface area contributed by atoms with Crippen molar-refractivity contribution in [3.63, 3.8) is 0 Å². The van der Waals surface area contributed by atoms with E-state index >= 15 is 0 Å². The van der Waals surface area contributed by atoms with E-state index in [2.05, 4.69) is 5.32 Å². The molecule has 0 saturated carbocycles. The first kappa shape index (κ1) is 16.4. The lowest BCUT2D eigenvalue weighted by molar-refractivity contribution is -0.121. The number of rotatable bonds is 6. The first-order valence-electron chi connectivity index (χ1n) is 6.28. The molecule has 112 valence electrons. The van der Waals surface area contributed by atoms with Crippen molar-refractivity contribution >= 4 is 15.9 Å². The zero-order valence-electron chi connectivity index (χ0n) is 11.8. The summed E-state index contributed by atoms with van der Waals surface area (Å²) in [6, 6.07) is 2.41. The van der Waals surface area contributed by atoms with Crippen molar-refractivity contribution in [3.05, 3.63) is 28.7 Å². The van der Waals surface area contributed by atoms with Crippen LogP contribution in [0.4, 0.5) is 0 Å². The molecule has 0 atom stereocenters. The molecule has 0 fully saturated rings. The lowest BCUT2D eigenvalue weighted by Crippen LogP contribution is -2.33. The number of hydrogen-bond donors (Lipinski definition) is 1. The third-order valence-electron chi connectivity index (χ3n) is 2.89. The van der Waals surface area contributed by atoms with Crippen molar-refractivity contribution < 1.29 is 13.2 Å². The van der Waals surface area contributed by atoms with Gasteiger partial charge in [0.2, 0.25) is 15.9 Å². The van der Waals surface area contributed by atoms with Crippen LogP contribution in [0.15, 0.2) is 28.0 Å². The molecule has 1 aromatic rings. The van der Waals surface area contributed by atoms with Crippen LogP contribution in [-0.2, 0) is 21.4 Å². The SMILES string of the molecule is CCN(CC)S(=O)(=O)c1ccc(=O)n(CC(=O)NC)c1. The molecule has 1 amide bonds. The summed E-state index contributed by atoms with van der Waals surface area (Å²) < 4.78 is 27.0. The van der Waals surface area contributed by atoms with Crippen LogP contribution in [0.5, 0.6) is 0 Å². The van der Waals surface area contributed by atoms with E-state index in [1.807, 2.05) is 0 Å². The number of sulfonamides is 1. The Morgan fingerprint density at radius 2 is 1.90 bits per heavy atom. The van der Waals surface area contributed by atoms with E-state index in [1.165, 1.54) is 23.6 Å². The Morgan fingerprint density at radius 3 is 2.40 bits per heavy atom. The van der Waals surface area contributed by atoms with E-state index < -0.39 is 15.6 Å². The van der Waals surface area contributed by atoms with E-state index in [1.54, 1.807) is 13.8 Å². The minimum atomic E-state index is -3.64. The van der Waals surface area contributed by atoms with Gasteiger partial charge < -0.3 is 9.88 Å². The topological polar surface area (TPSA) is 88.5 Å². The number of carbonyl (C=O) groups is 1. The van der Waals surface area contributed by atoms with Crippen molar-refractivity contribution in [2.75, 3.05) is 20.1 Å². The molecule has 0 spiro atoms. The normalized spacial score (nSPS) is 11.6. The molecule has 8 heteroatoms. The number of nitrogens with zero attached hydrogens (tertiary/aromatic N) is 2. The van der Waals surface area contributed by atoms with Crippen LogP contribution in [0.1, 0.15) is 13.8 Å². The van der Waals surface area contributed by atoms with E-state index in [0.717, 1.165) is 10.6 Å². The molecule has 20 heavy (non-hydrogen) atoms. The minimum Gasteiger partial charge on any atom is -0.358 e. The van der Waals surface area contributed by atoms with Gasteiger partial charge in [-0.25, -0.2) is 8.42 Å². The van der Waals surface area contributed by atoms with Gasteiger partial charge in [0.05, 0.1) is 4.90 Å². The van der Waals surface area contributed by atoms with Crippen LogP contribution < -0.4 is 10.9 Å². The molecule has 1 heterocycles. The minimum absolute atomic E-state index is 0.00435. The number of pyridine rings is 1. The number of amides is 1. The lowest BCUT2D eigenvalue weighted by Gasteiger charge is -2.18. The molecule has 0 aliphatic rings. The zero-order valence-corrected chi connectivity index (χ0v) is 12.6. The van der Waals surface area contributed by atoms with Crippen molar-refractivity contribution in [2.24, 2.45) is 0 Å². The summed E-state index contributed by atoms with van der Waals surface area (Å²) in [6.45, 7) is 3.95. The zero-order chi connectivity index (χ0) is 15.3. The number of carbonyl (C=O) groups excluding carboxylic acids is 1. The van der Waals surface area contributed by atoms with Gasteiger partial charge in [-0.2, -0.15) is 4.31 Å². The molecule has 1 aromatic heterocycles. The van der Waals surface area contributed by atoms with Gasteiger partial charge >= 0.3 is 0 Å². The molecule has 1 N–H and O–H groups in total. The van der Waals surface area contributed by atoms with Gasteiger partial charge in [0.25, 0.3) is 5.56 Å². The predicted molar refractivity (Wildman–Crippen MR) is 74.9 cm³/mol. The highest BCUT2D eigenvalue weighted by atomic mass is 32.2. The fourth-order valence-corrected chi connectivity index (χ4v) is 3.21. The van der Waals surface area contributed by atoms with Gasteiger partial charge in [0.1, 0.15) is 6.54 Å². The van der Waals surface area contributed by atoms with E-state index in [4.69, 9.17) is 0 Å². The second-order valence-corrected chi connectivity index (χ2v) is 6.03. The summed E-state index contributed by atoms with van der Waals surface area (Å²) in [4.78, 5) is 22.9. The quantitative estimate of drug-likeness (QED) is 0.776. The fourth-order valence-electron chi connectivity index (χ4n) is 1.73. The number of likely N-dealkylation sites (N-methyl/N-ethyl adjacent to an activating group) is 1. The van der Waals surface area contributed by atoms with Crippen LogP contribution in [-0.4, -0.2) is 43.3 Å². The molecular formula is C12H19N3O4S. The average molecular weight is 301 g/mol. The van der Waals surface area contributed by atoms with E-state index in [0.29, 0.717) is 13.1 Å². The first-order chi connectivity index (χ1) is 9.36. The Morgan fingerprint density at radius 1 is 1.30 bits per heavy atom. The van der Waals surface area contributed by atoms with Crippen molar-refractivity contribution in [3.8, 4) is 0 Å². The molecule has 7 nitrogen and oxygen atoms in total. The summed E-state index contributed by atoms with van der Waals surface area (Å²) in [5.41, 5.74) is -0.424. The van der Waals surface area contributed by atoms with Gasteiger partial charge in [0, 0.05) is 32.4 Å². The smallest absolute Gasteiger partial charge is 0.251 e. The Labute approximate surface area is 118 Å². The molecule has 0 unspecified atom stereocenters. The van der Waals surface area contributed by atoms with Crippen LogP contribution >= 0.6 is 0 Å². The van der Waals surface area contributed by atoms with Gasteiger partial charge in [-0.05, 0) is 6.07 Å². The molecule has 0 aromatic carbocycles. The number of aromatic nitrogens is 1. The van der Waals surface area contributed by atoms with Crippen LogP contribution in [0.3, 0.4) is 0 Å².